The zero-order chi connectivity index (χ0) is 13.9. The summed E-state index contributed by atoms with van der Waals surface area (Å²) in [6, 6.07) is 8.50. The van der Waals surface area contributed by atoms with Crippen LogP contribution in [0.2, 0.25) is 0 Å². The van der Waals surface area contributed by atoms with E-state index in [1.54, 1.807) is 0 Å². The van der Waals surface area contributed by atoms with Crippen LogP contribution in [-0.4, -0.2) is 30.9 Å². The molecule has 0 unspecified atom stereocenters. The van der Waals surface area contributed by atoms with Gasteiger partial charge in [-0.3, -0.25) is 4.79 Å². The van der Waals surface area contributed by atoms with Crippen LogP contribution >= 0.6 is 0 Å². The van der Waals surface area contributed by atoms with E-state index in [9.17, 15) is 4.79 Å². The van der Waals surface area contributed by atoms with Crippen LogP contribution in [0.1, 0.15) is 30.4 Å². The van der Waals surface area contributed by atoms with Gasteiger partial charge in [-0.15, -0.1) is 0 Å². The maximum atomic E-state index is 12.4. The summed E-state index contributed by atoms with van der Waals surface area (Å²) in [7, 11) is 1.90. The van der Waals surface area contributed by atoms with E-state index in [1.165, 1.54) is 11.1 Å². The number of benzene rings is 1. The SMILES string of the molecule is Cc1ccc(CCN(C)C(=O)C2(CN)CCC2)cc1. The minimum atomic E-state index is -0.248. The summed E-state index contributed by atoms with van der Waals surface area (Å²) in [4.78, 5) is 14.3. The van der Waals surface area contributed by atoms with Gasteiger partial charge in [0.05, 0.1) is 5.41 Å². The Morgan fingerprint density at radius 3 is 2.42 bits per heavy atom. The van der Waals surface area contributed by atoms with E-state index in [0.717, 1.165) is 32.2 Å². The van der Waals surface area contributed by atoms with Crippen molar-refractivity contribution >= 4 is 5.91 Å². The molecular weight excluding hydrogens is 236 g/mol. The Labute approximate surface area is 115 Å². The van der Waals surface area contributed by atoms with Crippen LogP contribution in [0.4, 0.5) is 0 Å². The van der Waals surface area contributed by atoms with Crippen molar-refractivity contribution in [2.45, 2.75) is 32.6 Å². The Morgan fingerprint density at radius 2 is 1.95 bits per heavy atom. The fourth-order valence-corrected chi connectivity index (χ4v) is 2.67. The smallest absolute Gasteiger partial charge is 0.229 e. The van der Waals surface area contributed by atoms with Crippen LogP contribution in [0.15, 0.2) is 24.3 Å². The van der Waals surface area contributed by atoms with Crippen molar-refractivity contribution in [3.8, 4) is 0 Å². The van der Waals surface area contributed by atoms with Crippen molar-refractivity contribution in [1.82, 2.24) is 4.90 Å². The zero-order valence-electron chi connectivity index (χ0n) is 12.0. The highest BCUT2D eigenvalue weighted by Crippen LogP contribution is 2.41. The Balaban J connectivity index is 1.88. The summed E-state index contributed by atoms with van der Waals surface area (Å²) >= 11 is 0. The van der Waals surface area contributed by atoms with Crippen LogP contribution < -0.4 is 5.73 Å². The molecule has 0 bridgehead atoms. The van der Waals surface area contributed by atoms with Crippen LogP contribution in [0.3, 0.4) is 0 Å². The van der Waals surface area contributed by atoms with Gasteiger partial charge in [-0.05, 0) is 31.7 Å². The van der Waals surface area contributed by atoms with E-state index in [-0.39, 0.29) is 11.3 Å². The second-order valence-corrected chi connectivity index (χ2v) is 5.80. The third-order valence-electron chi connectivity index (χ3n) is 4.36. The fourth-order valence-electron chi connectivity index (χ4n) is 2.67. The minimum Gasteiger partial charge on any atom is -0.345 e. The van der Waals surface area contributed by atoms with Gasteiger partial charge in [0.15, 0.2) is 0 Å². The minimum absolute atomic E-state index is 0.230. The van der Waals surface area contributed by atoms with Gasteiger partial charge in [0.1, 0.15) is 0 Å². The number of hydrogen-bond donors (Lipinski definition) is 1. The number of carbonyl (C=O) groups excluding carboxylic acids is 1. The molecule has 0 radical (unpaired) electrons. The van der Waals surface area contributed by atoms with Gasteiger partial charge in [0.2, 0.25) is 5.91 Å². The topological polar surface area (TPSA) is 46.3 Å². The Morgan fingerprint density at radius 1 is 1.32 bits per heavy atom. The summed E-state index contributed by atoms with van der Waals surface area (Å²) in [6.45, 7) is 3.34. The largest absolute Gasteiger partial charge is 0.345 e. The normalized spacial score (nSPS) is 16.8. The molecule has 0 aromatic heterocycles. The lowest BCUT2D eigenvalue weighted by Crippen LogP contribution is -2.51. The summed E-state index contributed by atoms with van der Waals surface area (Å²) in [5.74, 6) is 0.230. The molecule has 19 heavy (non-hydrogen) atoms. The quantitative estimate of drug-likeness (QED) is 0.881. The van der Waals surface area contributed by atoms with Gasteiger partial charge in [-0.2, -0.15) is 0 Å². The molecule has 0 spiro atoms. The van der Waals surface area contributed by atoms with Crippen LogP contribution in [0.5, 0.6) is 0 Å². The molecular formula is C16H24N2O. The summed E-state index contributed by atoms with van der Waals surface area (Å²) in [6.07, 6.45) is 3.95. The van der Waals surface area contributed by atoms with Crippen molar-refractivity contribution in [2.75, 3.05) is 20.1 Å². The molecule has 1 saturated carbocycles. The zero-order valence-corrected chi connectivity index (χ0v) is 12.0. The van der Waals surface area contributed by atoms with E-state index < -0.39 is 0 Å². The van der Waals surface area contributed by atoms with Crippen molar-refractivity contribution in [3.63, 3.8) is 0 Å². The van der Waals surface area contributed by atoms with Crippen molar-refractivity contribution in [3.05, 3.63) is 35.4 Å². The van der Waals surface area contributed by atoms with Gasteiger partial charge < -0.3 is 10.6 Å². The van der Waals surface area contributed by atoms with Crippen LogP contribution in [0, 0.1) is 12.3 Å². The number of nitrogens with two attached hydrogens (primary N) is 1. The van der Waals surface area contributed by atoms with Crippen LogP contribution in [0.25, 0.3) is 0 Å². The van der Waals surface area contributed by atoms with E-state index in [4.69, 9.17) is 5.73 Å². The first-order valence-corrected chi connectivity index (χ1v) is 7.09. The molecule has 3 nitrogen and oxygen atoms in total. The highest BCUT2D eigenvalue weighted by molar-refractivity contribution is 5.83. The molecule has 1 aromatic rings. The maximum Gasteiger partial charge on any atom is 0.229 e. The first-order valence-electron chi connectivity index (χ1n) is 7.09. The average Bonchev–Trinajstić information content (AvgIpc) is 2.37. The average molecular weight is 260 g/mol. The van der Waals surface area contributed by atoms with Crippen molar-refractivity contribution in [1.29, 1.82) is 0 Å². The molecule has 3 heteroatoms. The van der Waals surface area contributed by atoms with Gasteiger partial charge in [-0.25, -0.2) is 0 Å². The lowest BCUT2D eigenvalue weighted by molar-refractivity contribution is -0.145. The highest BCUT2D eigenvalue weighted by atomic mass is 16.2. The summed E-state index contributed by atoms with van der Waals surface area (Å²) < 4.78 is 0. The maximum absolute atomic E-state index is 12.4. The second kappa shape index (κ2) is 5.74. The molecule has 1 amide bonds. The van der Waals surface area contributed by atoms with E-state index >= 15 is 0 Å². The molecule has 1 aliphatic rings. The van der Waals surface area contributed by atoms with Crippen molar-refractivity contribution < 1.29 is 4.79 Å². The third kappa shape index (κ3) is 2.98. The third-order valence-corrected chi connectivity index (χ3v) is 4.36. The lowest BCUT2D eigenvalue weighted by Gasteiger charge is -2.41. The molecule has 1 fully saturated rings. The molecule has 2 N–H and O–H groups in total. The number of carbonyl (C=O) groups is 1. The fraction of sp³-hybridized carbons (Fsp3) is 0.562. The monoisotopic (exact) mass is 260 g/mol. The number of aryl methyl sites for hydroxylation is 1. The Bertz CT molecular complexity index is 429. The molecule has 0 aliphatic heterocycles. The highest BCUT2D eigenvalue weighted by Gasteiger charge is 2.44. The first kappa shape index (κ1) is 14.1. The molecule has 0 heterocycles. The predicted octanol–water partition coefficient (Wildman–Crippen LogP) is 2.12. The standard InChI is InChI=1S/C16H24N2O/c1-13-4-6-14(7-5-13)8-11-18(2)15(19)16(12-17)9-3-10-16/h4-7H,3,8-12,17H2,1-2H3. The number of nitrogens with zero attached hydrogens (tertiary/aromatic N) is 1. The molecule has 104 valence electrons. The molecule has 0 atom stereocenters. The van der Waals surface area contributed by atoms with Crippen LogP contribution in [-0.2, 0) is 11.2 Å². The number of amides is 1. The molecule has 2 rings (SSSR count). The molecule has 0 saturated heterocycles. The summed E-state index contributed by atoms with van der Waals surface area (Å²) in [5, 5.41) is 0. The first-order chi connectivity index (χ1) is 9.07. The van der Waals surface area contributed by atoms with Gasteiger partial charge >= 0.3 is 0 Å². The number of likely N-dealkylation sites (N-methyl/N-ethyl adjacent to an activating group) is 1. The van der Waals surface area contributed by atoms with E-state index in [0.29, 0.717) is 6.54 Å². The Kier molecular flexibility index (Phi) is 4.25. The molecule has 1 aromatic carbocycles. The Hall–Kier alpha value is -1.35. The molecule has 1 aliphatic carbocycles. The van der Waals surface area contributed by atoms with E-state index in [2.05, 4.69) is 31.2 Å². The van der Waals surface area contributed by atoms with Gasteiger partial charge in [0, 0.05) is 20.1 Å². The van der Waals surface area contributed by atoms with Gasteiger partial charge in [0.25, 0.3) is 0 Å². The predicted molar refractivity (Wildman–Crippen MR) is 77.9 cm³/mol. The van der Waals surface area contributed by atoms with E-state index in [1.807, 2.05) is 11.9 Å². The summed E-state index contributed by atoms with van der Waals surface area (Å²) in [5.41, 5.74) is 8.08. The number of rotatable bonds is 5. The number of hydrogen-bond acceptors (Lipinski definition) is 2. The lowest BCUT2D eigenvalue weighted by atomic mass is 9.68. The second-order valence-electron chi connectivity index (χ2n) is 5.80. The van der Waals surface area contributed by atoms with Crippen molar-refractivity contribution in [2.24, 2.45) is 11.1 Å². The van der Waals surface area contributed by atoms with Gasteiger partial charge in [-0.1, -0.05) is 36.2 Å².